The van der Waals surface area contributed by atoms with Crippen LogP contribution in [0.4, 0.5) is 5.69 Å². The van der Waals surface area contributed by atoms with Gasteiger partial charge in [-0.05, 0) is 12.1 Å². The molecule has 2 aromatic heterocycles. The number of anilines is 1. The van der Waals surface area contributed by atoms with Crippen LogP contribution in [0.15, 0.2) is 24.5 Å². The predicted molar refractivity (Wildman–Crippen MR) is 50.9 cm³/mol. The smallest absolute Gasteiger partial charge is 0.337 e. The number of aromatic carboxylic acids is 1. The second-order valence-corrected chi connectivity index (χ2v) is 2.80. The lowest BCUT2D eigenvalue weighted by Crippen LogP contribution is -1.99. The van der Waals surface area contributed by atoms with Crippen LogP contribution in [0.1, 0.15) is 10.4 Å². The van der Waals surface area contributed by atoms with Gasteiger partial charge < -0.3 is 10.8 Å². The maximum Gasteiger partial charge on any atom is 0.337 e. The van der Waals surface area contributed by atoms with Gasteiger partial charge in [0.15, 0.2) is 0 Å². The van der Waals surface area contributed by atoms with Crippen LogP contribution in [0.2, 0.25) is 0 Å². The van der Waals surface area contributed by atoms with Crippen LogP contribution >= 0.6 is 0 Å². The zero-order valence-corrected chi connectivity index (χ0v) is 7.14. The molecule has 0 saturated carbocycles. The summed E-state index contributed by atoms with van der Waals surface area (Å²) in [6.07, 6.45) is 2.79. The molecule has 0 aliphatic rings. The number of nitrogen functional groups attached to an aromatic ring is 1. The zero-order valence-electron chi connectivity index (χ0n) is 7.14. The van der Waals surface area contributed by atoms with Gasteiger partial charge in [0.25, 0.3) is 0 Å². The normalized spacial score (nSPS) is 10.3. The molecule has 0 saturated heterocycles. The maximum atomic E-state index is 10.6. The molecule has 0 atom stereocenters. The largest absolute Gasteiger partial charge is 0.478 e. The Kier molecular flexibility index (Phi) is 1.78. The van der Waals surface area contributed by atoms with E-state index in [9.17, 15) is 4.79 Å². The van der Waals surface area contributed by atoms with Gasteiger partial charge in [-0.1, -0.05) is 0 Å². The Bertz CT molecular complexity index is 510. The minimum Gasteiger partial charge on any atom is -0.478 e. The van der Waals surface area contributed by atoms with Gasteiger partial charge in [0.05, 0.1) is 16.8 Å². The first-order valence-electron chi connectivity index (χ1n) is 3.92. The van der Waals surface area contributed by atoms with E-state index in [2.05, 4.69) is 9.97 Å². The molecule has 2 rings (SSSR count). The van der Waals surface area contributed by atoms with Crippen LogP contribution < -0.4 is 5.73 Å². The minimum atomic E-state index is -1.02. The van der Waals surface area contributed by atoms with Crippen LogP contribution in [0.5, 0.6) is 0 Å². The van der Waals surface area contributed by atoms with Gasteiger partial charge in [0, 0.05) is 12.4 Å². The van der Waals surface area contributed by atoms with E-state index in [4.69, 9.17) is 10.8 Å². The fraction of sp³-hybridized carbons (Fsp3) is 0. The first kappa shape index (κ1) is 8.43. The second-order valence-electron chi connectivity index (χ2n) is 2.80. The van der Waals surface area contributed by atoms with Crippen LogP contribution in [-0.2, 0) is 0 Å². The Morgan fingerprint density at radius 3 is 2.93 bits per heavy atom. The zero-order chi connectivity index (χ0) is 10.1. The van der Waals surface area contributed by atoms with E-state index in [0.717, 1.165) is 0 Å². The molecule has 0 aliphatic carbocycles. The van der Waals surface area contributed by atoms with E-state index in [1.165, 1.54) is 18.5 Å². The van der Waals surface area contributed by atoms with Gasteiger partial charge in [-0.2, -0.15) is 0 Å². The number of pyridine rings is 2. The second kappa shape index (κ2) is 2.95. The number of fused-ring (bicyclic) bond motifs is 1. The van der Waals surface area contributed by atoms with Crippen molar-refractivity contribution in [3.05, 3.63) is 30.1 Å². The quantitative estimate of drug-likeness (QED) is 0.695. The molecule has 0 bridgehead atoms. The van der Waals surface area contributed by atoms with E-state index in [0.29, 0.717) is 16.7 Å². The fourth-order valence-electron chi connectivity index (χ4n) is 1.17. The maximum absolute atomic E-state index is 10.6. The molecule has 14 heavy (non-hydrogen) atoms. The van der Waals surface area contributed by atoms with E-state index in [-0.39, 0.29) is 5.56 Å². The summed E-state index contributed by atoms with van der Waals surface area (Å²) in [5.74, 6) is -1.02. The number of carboxylic acid groups (broad SMARTS) is 1. The summed E-state index contributed by atoms with van der Waals surface area (Å²) in [6, 6.07) is 3.07. The third-order valence-corrected chi connectivity index (χ3v) is 1.86. The van der Waals surface area contributed by atoms with Crippen molar-refractivity contribution in [2.75, 3.05) is 5.73 Å². The van der Waals surface area contributed by atoms with Crippen LogP contribution in [0.25, 0.3) is 11.0 Å². The van der Waals surface area contributed by atoms with Crippen molar-refractivity contribution in [2.24, 2.45) is 0 Å². The van der Waals surface area contributed by atoms with Gasteiger partial charge in [-0.3, -0.25) is 9.97 Å². The van der Waals surface area contributed by atoms with E-state index in [1.54, 1.807) is 6.07 Å². The Morgan fingerprint density at radius 2 is 2.21 bits per heavy atom. The van der Waals surface area contributed by atoms with E-state index >= 15 is 0 Å². The summed E-state index contributed by atoms with van der Waals surface area (Å²) >= 11 is 0. The molecule has 0 spiro atoms. The van der Waals surface area contributed by atoms with E-state index < -0.39 is 5.97 Å². The third kappa shape index (κ3) is 1.24. The molecular weight excluding hydrogens is 182 g/mol. The molecule has 5 heteroatoms. The lowest BCUT2D eigenvalue weighted by Gasteiger charge is -2.00. The van der Waals surface area contributed by atoms with Crippen LogP contribution in [-0.4, -0.2) is 21.0 Å². The van der Waals surface area contributed by atoms with Crippen molar-refractivity contribution in [1.82, 2.24) is 9.97 Å². The van der Waals surface area contributed by atoms with Gasteiger partial charge in [0.2, 0.25) is 0 Å². The summed E-state index contributed by atoms with van der Waals surface area (Å²) < 4.78 is 0. The number of carboxylic acids is 1. The lowest BCUT2D eigenvalue weighted by molar-refractivity contribution is 0.0696. The molecular formula is C9H7N3O2. The number of rotatable bonds is 1. The van der Waals surface area contributed by atoms with Gasteiger partial charge in [-0.25, -0.2) is 4.79 Å². The first-order chi connectivity index (χ1) is 6.68. The highest BCUT2D eigenvalue weighted by Gasteiger charge is 2.06. The minimum absolute atomic E-state index is 0.107. The van der Waals surface area contributed by atoms with E-state index in [1.807, 2.05) is 0 Å². The lowest BCUT2D eigenvalue weighted by atomic mass is 10.2. The number of carbonyl (C=O) groups is 1. The molecule has 2 heterocycles. The third-order valence-electron chi connectivity index (χ3n) is 1.86. The highest BCUT2D eigenvalue weighted by molar-refractivity contribution is 5.93. The highest BCUT2D eigenvalue weighted by atomic mass is 16.4. The van der Waals surface area contributed by atoms with Crippen LogP contribution in [0, 0.1) is 0 Å². The van der Waals surface area contributed by atoms with Crippen LogP contribution in [0.3, 0.4) is 0 Å². The highest BCUT2D eigenvalue weighted by Crippen LogP contribution is 2.16. The topological polar surface area (TPSA) is 89.1 Å². The van der Waals surface area contributed by atoms with Crippen molar-refractivity contribution in [2.45, 2.75) is 0 Å². The fourth-order valence-corrected chi connectivity index (χ4v) is 1.17. The average Bonchev–Trinajstić information content (AvgIpc) is 2.17. The molecule has 3 N–H and O–H groups in total. The SMILES string of the molecule is Nc1ccnc2cc(C(=O)O)cnc12. The molecule has 0 radical (unpaired) electrons. The molecule has 5 nitrogen and oxygen atoms in total. The summed E-state index contributed by atoms with van der Waals surface area (Å²) in [6.45, 7) is 0. The van der Waals surface area contributed by atoms with Crippen molar-refractivity contribution in [1.29, 1.82) is 0 Å². The molecule has 2 aromatic rings. The van der Waals surface area contributed by atoms with Gasteiger partial charge >= 0.3 is 5.97 Å². The average molecular weight is 189 g/mol. The number of hydrogen-bond acceptors (Lipinski definition) is 4. The van der Waals surface area contributed by atoms with Crippen molar-refractivity contribution < 1.29 is 9.90 Å². The Hall–Kier alpha value is -2.17. The molecule has 0 aromatic carbocycles. The van der Waals surface area contributed by atoms with Gasteiger partial charge in [0.1, 0.15) is 5.52 Å². The molecule has 70 valence electrons. The van der Waals surface area contributed by atoms with Crippen molar-refractivity contribution in [3.8, 4) is 0 Å². The Balaban J connectivity index is 2.73. The predicted octanol–water partition coefficient (Wildman–Crippen LogP) is 0.910. The number of nitrogens with two attached hydrogens (primary N) is 1. The number of aromatic nitrogens is 2. The Labute approximate surface area is 79.2 Å². The van der Waals surface area contributed by atoms with Crippen molar-refractivity contribution >= 4 is 22.7 Å². The molecule has 0 amide bonds. The summed E-state index contributed by atoms with van der Waals surface area (Å²) in [5, 5.41) is 8.71. The molecule has 0 fully saturated rings. The summed E-state index contributed by atoms with van der Waals surface area (Å²) in [5.41, 5.74) is 7.25. The Morgan fingerprint density at radius 1 is 1.43 bits per heavy atom. The number of hydrogen-bond donors (Lipinski definition) is 2. The number of nitrogens with zero attached hydrogens (tertiary/aromatic N) is 2. The molecule has 0 aliphatic heterocycles. The summed E-state index contributed by atoms with van der Waals surface area (Å²) in [4.78, 5) is 18.5. The van der Waals surface area contributed by atoms with Crippen molar-refractivity contribution in [3.63, 3.8) is 0 Å². The molecule has 0 unspecified atom stereocenters. The summed E-state index contributed by atoms with van der Waals surface area (Å²) in [7, 11) is 0. The first-order valence-corrected chi connectivity index (χ1v) is 3.92. The standard InChI is InChI=1S/C9H7N3O2/c10-6-1-2-11-7-3-5(9(13)14)4-12-8(6)7/h1-4H,(H2,10,11)(H,13,14). The monoisotopic (exact) mass is 189 g/mol. The van der Waals surface area contributed by atoms with Gasteiger partial charge in [-0.15, -0.1) is 0 Å².